The number of ether oxygens (including phenoxy) is 1. The van der Waals surface area contributed by atoms with Crippen LogP contribution in [0, 0.1) is 0 Å². The molecule has 0 aliphatic carbocycles. The summed E-state index contributed by atoms with van der Waals surface area (Å²) in [5, 5.41) is 9.20. The third-order valence-electron chi connectivity index (χ3n) is 2.32. The van der Waals surface area contributed by atoms with E-state index in [-0.39, 0.29) is 5.75 Å². The Kier molecular flexibility index (Phi) is 4.94. The fourth-order valence-corrected chi connectivity index (χ4v) is 2.78. The van der Waals surface area contributed by atoms with E-state index in [0.717, 1.165) is 0 Å². The van der Waals surface area contributed by atoms with E-state index in [2.05, 4.69) is 0 Å². The van der Waals surface area contributed by atoms with Crippen LogP contribution in [0.2, 0.25) is 0 Å². The average molecular weight is 352 g/mol. The molecule has 106 valence electrons. The van der Waals surface area contributed by atoms with Gasteiger partial charge in [-0.2, -0.15) is 0 Å². The van der Waals surface area contributed by atoms with Crippen molar-refractivity contribution in [3.8, 4) is 11.5 Å². The van der Waals surface area contributed by atoms with Crippen molar-refractivity contribution in [1.29, 1.82) is 0 Å². The van der Waals surface area contributed by atoms with Gasteiger partial charge < -0.3 is 14.4 Å². The molecule has 0 saturated heterocycles. The van der Waals surface area contributed by atoms with Crippen LogP contribution in [-0.2, 0) is 11.2 Å². The van der Waals surface area contributed by atoms with Crippen molar-refractivity contribution < 1.29 is 14.4 Å². The molecule has 20 heavy (non-hydrogen) atoms. The van der Waals surface area contributed by atoms with Crippen molar-refractivity contribution in [3.63, 3.8) is 0 Å². The first-order valence-electron chi connectivity index (χ1n) is 5.42. The molecule has 0 saturated carbocycles. The molecule has 3 nitrogen and oxygen atoms in total. The molecule has 0 heterocycles. The average Bonchev–Trinajstić information content (AvgIpc) is 2.38. The van der Waals surface area contributed by atoms with Crippen molar-refractivity contribution in [2.45, 2.75) is 13.8 Å². The van der Waals surface area contributed by atoms with Crippen molar-refractivity contribution in [3.05, 3.63) is 48.5 Å². The highest BCUT2D eigenvalue weighted by molar-refractivity contribution is 7.91. The number of halogens is 3. The van der Waals surface area contributed by atoms with Gasteiger partial charge in [-0.15, -0.1) is 0 Å². The number of phenolic OH excluding ortho intramolecular Hbond substituents is 1. The number of hydrogen-bond donors (Lipinski definition) is 1. The summed E-state index contributed by atoms with van der Waals surface area (Å²) in [6, 6.07) is 12.5. The van der Waals surface area contributed by atoms with Gasteiger partial charge in [-0.1, -0.05) is 0 Å². The van der Waals surface area contributed by atoms with Crippen molar-refractivity contribution in [2.75, 3.05) is 0 Å². The third kappa shape index (κ3) is 4.36. The van der Waals surface area contributed by atoms with E-state index in [9.17, 15) is 9.66 Å². The zero-order valence-electron chi connectivity index (χ0n) is 9.92. The number of benzene rings is 2. The summed E-state index contributed by atoms with van der Waals surface area (Å²) in [6.07, 6.45) is 0. The van der Waals surface area contributed by atoms with E-state index >= 15 is 0 Å². The lowest BCUT2D eigenvalue weighted by atomic mass is 10.3. The van der Waals surface area contributed by atoms with Gasteiger partial charge in [0.15, 0.2) is 9.79 Å². The Hall–Kier alpha value is -0.780. The molecular weight excluding hydrogens is 343 g/mol. The van der Waals surface area contributed by atoms with Crippen molar-refractivity contribution in [1.82, 2.24) is 0 Å². The lowest BCUT2D eigenvalue weighted by Gasteiger charge is -2.14. The summed E-state index contributed by atoms with van der Waals surface area (Å²) in [5.41, 5.74) is 0. The van der Waals surface area contributed by atoms with Crippen LogP contribution >= 0.6 is 34.8 Å². The number of hydrogen-bond acceptors (Lipinski definition) is 3. The number of aromatic hydroxyl groups is 1. The number of alkyl halides is 3. The van der Waals surface area contributed by atoms with Gasteiger partial charge in [0.25, 0.3) is 0 Å². The Bertz CT molecular complexity index is 567. The molecule has 0 spiro atoms. The van der Waals surface area contributed by atoms with Crippen LogP contribution in [0.3, 0.4) is 0 Å². The van der Waals surface area contributed by atoms with Gasteiger partial charge in [-0.3, -0.25) is 0 Å². The zero-order valence-corrected chi connectivity index (χ0v) is 13.0. The van der Waals surface area contributed by atoms with E-state index in [1.165, 1.54) is 12.1 Å². The van der Waals surface area contributed by atoms with Crippen LogP contribution < -0.4 is 4.74 Å². The molecule has 0 amide bonds. The number of rotatable bonds is 3. The molecule has 1 atom stereocenters. The van der Waals surface area contributed by atoms with E-state index in [1.807, 2.05) is 0 Å². The van der Waals surface area contributed by atoms with Crippen molar-refractivity contribution in [2.24, 2.45) is 0 Å². The Morgan fingerprint density at radius 2 is 1.35 bits per heavy atom. The maximum atomic E-state index is 12.3. The molecule has 0 aliphatic heterocycles. The fourth-order valence-electron chi connectivity index (χ4n) is 1.47. The topological polar surface area (TPSA) is 52.5 Å². The summed E-state index contributed by atoms with van der Waals surface area (Å²) >= 11 is 15.2. The predicted octanol–water partition coefficient (Wildman–Crippen LogP) is 4.27. The molecule has 7 heteroatoms. The summed E-state index contributed by atoms with van der Waals surface area (Å²) < 4.78 is 15.5. The molecule has 1 N–H and O–H groups in total. The zero-order chi connectivity index (χ0) is 14.8. The summed E-state index contributed by atoms with van der Waals surface area (Å²) in [4.78, 5) is 1.16. The van der Waals surface area contributed by atoms with Gasteiger partial charge in [-0.05, 0) is 83.3 Å². The molecule has 1 unspecified atom stereocenters. The van der Waals surface area contributed by atoms with Crippen LogP contribution in [0.5, 0.6) is 11.5 Å². The molecular formula is C13H9Cl3O3S. The van der Waals surface area contributed by atoms with Crippen LogP contribution in [-0.4, -0.2) is 13.6 Å². The van der Waals surface area contributed by atoms with Gasteiger partial charge in [0.1, 0.15) is 11.5 Å². The molecule has 0 radical (unpaired) electrons. The second-order valence-electron chi connectivity index (χ2n) is 3.78. The first-order valence-corrected chi connectivity index (χ1v) is 7.70. The summed E-state index contributed by atoms with van der Waals surface area (Å²) in [7, 11) is 0. The molecule has 0 bridgehead atoms. The van der Waals surface area contributed by atoms with Crippen molar-refractivity contribution >= 4 is 46.0 Å². The highest BCUT2D eigenvalue weighted by Gasteiger charge is 2.22. The summed E-state index contributed by atoms with van der Waals surface area (Å²) in [5.74, 6) is 0.480. The van der Waals surface area contributed by atoms with Crippen LogP contribution in [0.15, 0.2) is 58.3 Å². The maximum absolute atomic E-state index is 12.3. The van der Waals surface area contributed by atoms with E-state index < -0.39 is 15.2 Å². The normalized spacial score (nSPS) is 13.0. The first-order chi connectivity index (χ1) is 9.35. The van der Waals surface area contributed by atoms with Gasteiger partial charge in [-0.25, -0.2) is 0 Å². The minimum atomic E-state index is -1.84. The highest BCUT2D eigenvalue weighted by Crippen LogP contribution is 2.31. The quantitative estimate of drug-likeness (QED) is 0.664. The Labute approximate surface area is 134 Å². The Balaban J connectivity index is 2.15. The second-order valence-corrected chi connectivity index (χ2v) is 7.44. The lowest BCUT2D eigenvalue weighted by Crippen LogP contribution is -2.12. The Morgan fingerprint density at radius 3 is 1.80 bits per heavy atom. The highest BCUT2D eigenvalue weighted by atomic mass is 35.6. The second kappa shape index (κ2) is 6.33. The van der Waals surface area contributed by atoms with E-state index in [0.29, 0.717) is 15.5 Å². The fraction of sp³-hybridized carbons (Fsp3) is 0.0769. The Morgan fingerprint density at radius 1 is 0.900 bits per heavy atom. The van der Waals surface area contributed by atoms with E-state index in [4.69, 9.17) is 39.5 Å². The minimum absolute atomic E-state index is 0.122. The number of phenols is 1. The predicted molar refractivity (Wildman–Crippen MR) is 80.1 cm³/mol. The molecule has 2 aromatic rings. The first kappa shape index (κ1) is 15.6. The summed E-state index contributed by atoms with van der Waals surface area (Å²) in [6.45, 7) is 0. The molecule has 0 aliphatic rings. The smallest absolute Gasteiger partial charge is 0.338 e. The SMILES string of the molecule is [O-][S+](c1ccc(O)cc1)c1ccc(OC(Cl)(Cl)Cl)cc1. The third-order valence-corrected chi connectivity index (χ3v) is 3.95. The standard InChI is InChI=1S/C13H9Cl3O3S/c14-13(15,16)19-10-3-7-12(8-4-10)20(18)11-5-1-9(17)2-6-11/h1-8,17H. The van der Waals surface area contributed by atoms with Gasteiger partial charge >= 0.3 is 3.98 Å². The van der Waals surface area contributed by atoms with Crippen LogP contribution in [0.4, 0.5) is 0 Å². The van der Waals surface area contributed by atoms with E-state index in [1.54, 1.807) is 36.4 Å². The van der Waals surface area contributed by atoms with Gasteiger partial charge in [0.2, 0.25) is 0 Å². The maximum Gasteiger partial charge on any atom is 0.338 e. The van der Waals surface area contributed by atoms with Gasteiger partial charge in [0.05, 0.1) is 0 Å². The molecule has 2 aromatic carbocycles. The monoisotopic (exact) mass is 350 g/mol. The van der Waals surface area contributed by atoms with Crippen LogP contribution in [0.25, 0.3) is 0 Å². The molecule has 2 rings (SSSR count). The minimum Gasteiger partial charge on any atom is -0.606 e. The van der Waals surface area contributed by atoms with Crippen LogP contribution in [0.1, 0.15) is 0 Å². The lowest BCUT2D eigenvalue weighted by molar-refractivity contribution is 0.320. The van der Waals surface area contributed by atoms with Gasteiger partial charge in [0, 0.05) is 11.2 Å². The molecule has 0 aromatic heterocycles. The largest absolute Gasteiger partial charge is 0.606 e. The molecule has 0 fully saturated rings.